The summed E-state index contributed by atoms with van der Waals surface area (Å²) in [6.45, 7) is 2.50. The lowest BCUT2D eigenvalue weighted by Gasteiger charge is -2.31. The number of amides is 1. The highest BCUT2D eigenvalue weighted by Crippen LogP contribution is 2.27. The lowest BCUT2D eigenvalue weighted by atomic mass is 9.97. The summed E-state index contributed by atoms with van der Waals surface area (Å²) < 4.78 is 7.15. The van der Waals surface area contributed by atoms with Crippen LogP contribution in [0, 0.1) is 5.92 Å². The van der Waals surface area contributed by atoms with Crippen molar-refractivity contribution in [1.29, 1.82) is 0 Å². The number of hydrogen-bond donors (Lipinski definition) is 2. The summed E-state index contributed by atoms with van der Waals surface area (Å²) in [5.41, 5.74) is 2.97. The molecule has 1 aliphatic rings. The van der Waals surface area contributed by atoms with Gasteiger partial charge in [0.2, 0.25) is 5.91 Å². The van der Waals surface area contributed by atoms with Gasteiger partial charge in [-0.25, -0.2) is 9.50 Å². The molecule has 0 aliphatic carbocycles. The van der Waals surface area contributed by atoms with Crippen LogP contribution in [0.4, 0.5) is 11.5 Å². The normalized spacial score (nSPS) is 17.2. The minimum atomic E-state index is 0.0493. The topological polar surface area (TPSA) is 83.8 Å². The van der Waals surface area contributed by atoms with Gasteiger partial charge in [-0.2, -0.15) is 5.10 Å². The number of ether oxygens (including phenoxy) is 1. The van der Waals surface area contributed by atoms with Crippen LogP contribution in [-0.2, 0) is 11.3 Å². The van der Waals surface area contributed by atoms with Crippen molar-refractivity contribution in [3.05, 3.63) is 48.4 Å². The van der Waals surface area contributed by atoms with Gasteiger partial charge >= 0.3 is 0 Å². The monoisotopic (exact) mass is 394 g/mol. The first-order valence-corrected chi connectivity index (χ1v) is 9.84. The number of hydrogen-bond acceptors (Lipinski definition) is 6. The fourth-order valence-corrected chi connectivity index (χ4v) is 3.93. The number of methoxy groups -OCH3 is 1. The molecule has 0 bridgehead atoms. The third-order valence-electron chi connectivity index (χ3n) is 5.39. The lowest BCUT2D eigenvalue weighted by molar-refractivity contribution is -0.126. The number of nitrogens with one attached hydrogen (secondary N) is 2. The molecular weight excluding hydrogens is 368 g/mol. The Bertz CT molecular complexity index is 1000. The standard InChI is InChI=1S/C21H26N6O2/c1-22-21(28)16-5-4-9-26(13-16)12-15-8-10-27-19(15)20(23-14-24-27)25-17-6-3-7-18(11-17)29-2/h3,6-8,10-11,14,16H,4-5,9,12-13H2,1-2H3,(H,22,28)(H,23,24,25). The summed E-state index contributed by atoms with van der Waals surface area (Å²) in [6, 6.07) is 9.82. The molecule has 2 N–H and O–H groups in total. The molecule has 1 atom stereocenters. The SMILES string of the molecule is CNC(=O)C1CCCN(Cc2ccn3ncnc(Nc4cccc(OC)c4)c23)C1. The zero-order chi connectivity index (χ0) is 20.2. The maximum absolute atomic E-state index is 12.1. The number of likely N-dealkylation sites (tertiary alicyclic amines) is 1. The van der Waals surface area contributed by atoms with Crippen LogP contribution in [0.1, 0.15) is 18.4 Å². The molecule has 8 nitrogen and oxygen atoms in total. The molecule has 0 saturated carbocycles. The van der Waals surface area contributed by atoms with E-state index in [4.69, 9.17) is 4.74 Å². The van der Waals surface area contributed by atoms with Crippen molar-refractivity contribution in [3.63, 3.8) is 0 Å². The van der Waals surface area contributed by atoms with Crippen LogP contribution in [0.5, 0.6) is 5.75 Å². The Hall–Kier alpha value is -3.13. The Balaban J connectivity index is 1.58. The molecule has 0 radical (unpaired) electrons. The van der Waals surface area contributed by atoms with Crippen LogP contribution in [0.25, 0.3) is 5.52 Å². The van der Waals surface area contributed by atoms with Crippen LogP contribution in [0.2, 0.25) is 0 Å². The predicted octanol–water partition coefficient (Wildman–Crippen LogP) is 2.44. The summed E-state index contributed by atoms with van der Waals surface area (Å²) >= 11 is 0. The highest BCUT2D eigenvalue weighted by molar-refractivity contribution is 5.79. The van der Waals surface area contributed by atoms with Crippen molar-refractivity contribution in [1.82, 2.24) is 24.8 Å². The van der Waals surface area contributed by atoms with Crippen molar-refractivity contribution in [3.8, 4) is 5.75 Å². The number of nitrogens with zero attached hydrogens (tertiary/aromatic N) is 4. The minimum absolute atomic E-state index is 0.0493. The Morgan fingerprint density at radius 1 is 1.34 bits per heavy atom. The third kappa shape index (κ3) is 4.17. The first kappa shape index (κ1) is 19.2. The van der Waals surface area contributed by atoms with E-state index in [9.17, 15) is 4.79 Å². The van der Waals surface area contributed by atoms with Gasteiger partial charge < -0.3 is 15.4 Å². The van der Waals surface area contributed by atoms with Crippen LogP contribution in [-0.4, -0.2) is 52.7 Å². The van der Waals surface area contributed by atoms with Gasteiger partial charge in [0, 0.05) is 38.1 Å². The average molecular weight is 394 g/mol. The molecule has 152 valence electrons. The van der Waals surface area contributed by atoms with Gasteiger partial charge in [-0.1, -0.05) is 6.07 Å². The molecule has 1 saturated heterocycles. The van der Waals surface area contributed by atoms with Gasteiger partial charge in [0.25, 0.3) is 0 Å². The van der Waals surface area contributed by atoms with Gasteiger partial charge in [0.15, 0.2) is 5.82 Å². The van der Waals surface area contributed by atoms with E-state index in [1.165, 1.54) is 0 Å². The zero-order valence-corrected chi connectivity index (χ0v) is 16.8. The number of fused-ring (bicyclic) bond motifs is 1. The van der Waals surface area contributed by atoms with Crippen molar-refractivity contribution in [2.75, 3.05) is 32.6 Å². The number of piperidine rings is 1. The Kier molecular flexibility index (Phi) is 5.62. The predicted molar refractivity (Wildman–Crippen MR) is 111 cm³/mol. The van der Waals surface area contributed by atoms with Gasteiger partial charge in [-0.05, 0) is 43.1 Å². The second-order valence-electron chi connectivity index (χ2n) is 7.29. The first-order chi connectivity index (χ1) is 14.2. The Morgan fingerprint density at radius 3 is 3.07 bits per heavy atom. The minimum Gasteiger partial charge on any atom is -0.497 e. The van der Waals surface area contributed by atoms with E-state index in [1.807, 2.05) is 35.0 Å². The van der Waals surface area contributed by atoms with Gasteiger partial charge in [-0.15, -0.1) is 0 Å². The number of rotatable bonds is 6. The number of benzene rings is 1. The largest absolute Gasteiger partial charge is 0.497 e. The van der Waals surface area contributed by atoms with Crippen molar-refractivity contribution in [2.45, 2.75) is 19.4 Å². The van der Waals surface area contributed by atoms with E-state index in [2.05, 4.69) is 31.7 Å². The van der Waals surface area contributed by atoms with E-state index < -0.39 is 0 Å². The maximum atomic E-state index is 12.1. The molecule has 1 fully saturated rings. The van der Waals surface area contributed by atoms with E-state index in [1.54, 1.807) is 20.5 Å². The molecule has 2 aromatic heterocycles. The highest BCUT2D eigenvalue weighted by Gasteiger charge is 2.25. The van der Waals surface area contributed by atoms with Gasteiger partial charge in [0.05, 0.1) is 13.0 Å². The van der Waals surface area contributed by atoms with Crippen LogP contribution >= 0.6 is 0 Å². The molecule has 3 heterocycles. The Labute approximate surface area is 169 Å². The maximum Gasteiger partial charge on any atom is 0.224 e. The van der Waals surface area contributed by atoms with Crippen molar-refractivity contribution >= 4 is 22.9 Å². The Morgan fingerprint density at radius 2 is 2.24 bits per heavy atom. The zero-order valence-electron chi connectivity index (χ0n) is 16.8. The van der Waals surface area contributed by atoms with Crippen molar-refractivity contribution < 1.29 is 9.53 Å². The van der Waals surface area contributed by atoms with Crippen molar-refractivity contribution in [2.24, 2.45) is 5.92 Å². The van der Waals surface area contributed by atoms with E-state index in [0.717, 1.165) is 60.8 Å². The van der Waals surface area contributed by atoms with Crippen LogP contribution < -0.4 is 15.4 Å². The third-order valence-corrected chi connectivity index (χ3v) is 5.39. The number of anilines is 2. The number of carbonyl (C=O) groups is 1. The molecule has 1 unspecified atom stereocenters. The summed E-state index contributed by atoms with van der Waals surface area (Å²) in [5, 5.41) is 10.5. The van der Waals surface area contributed by atoms with Gasteiger partial charge in [0.1, 0.15) is 17.6 Å². The first-order valence-electron chi connectivity index (χ1n) is 9.84. The van der Waals surface area contributed by atoms with Crippen LogP contribution in [0.15, 0.2) is 42.9 Å². The molecule has 1 aromatic carbocycles. The summed E-state index contributed by atoms with van der Waals surface area (Å²) in [5.74, 6) is 1.70. The van der Waals surface area contributed by atoms with E-state index in [-0.39, 0.29) is 11.8 Å². The lowest BCUT2D eigenvalue weighted by Crippen LogP contribution is -2.41. The second-order valence-corrected chi connectivity index (χ2v) is 7.29. The summed E-state index contributed by atoms with van der Waals surface area (Å²) in [6.07, 6.45) is 5.46. The molecule has 29 heavy (non-hydrogen) atoms. The molecule has 4 rings (SSSR count). The smallest absolute Gasteiger partial charge is 0.224 e. The quantitative estimate of drug-likeness (QED) is 0.668. The molecule has 3 aromatic rings. The van der Waals surface area contributed by atoms with E-state index >= 15 is 0 Å². The number of carbonyl (C=O) groups excluding carboxylic acids is 1. The number of aromatic nitrogens is 3. The molecule has 8 heteroatoms. The fourth-order valence-electron chi connectivity index (χ4n) is 3.93. The fraction of sp³-hybridized carbons (Fsp3) is 0.381. The van der Waals surface area contributed by atoms with Crippen LogP contribution in [0.3, 0.4) is 0 Å². The summed E-state index contributed by atoms with van der Waals surface area (Å²) in [4.78, 5) is 18.9. The molecule has 1 amide bonds. The van der Waals surface area contributed by atoms with Gasteiger partial charge in [-0.3, -0.25) is 9.69 Å². The molecular formula is C21H26N6O2. The average Bonchev–Trinajstić information content (AvgIpc) is 3.17. The highest BCUT2D eigenvalue weighted by atomic mass is 16.5. The second kappa shape index (κ2) is 8.48. The molecule has 0 spiro atoms. The molecule has 1 aliphatic heterocycles. The van der Waals surface area contributed by atoms with E-state index in [0.29, 0.717) is 0 Å². The summed E-state index contributed by atoms with van der Waals surface area (Å²) in [7, 11) is 3.36.